The van der Waals surface area contributed by atoms with Gasteiger partial charge >= 0.3 is 6.36 Å². The molecular weight excluding hydrogens is 401 g/mol. The number of hydrogen-bond acceptors (Lipinski definition) is 6. The van der Waals surface area contributed by atoms with Crippen LogP contribution in [0.3, 0.4) is 0 Å². The number of amides is 1. The number of halogens is 3. The third-order valence-corrected chi connectivity index (χ3v) is 4.93. The number of imidazole rings is 1. The number of ether oxygens (including phenoxy) is 1. The molecule has 3 N–H and O–H groups in total. The second-order valence-corrected chi connectivity index (χ2v) is 7.08. The van der Waals surface area contributed by atoms with Gasteiger partial charge in [0.2, 0.25) is 11.9 Å². The number of benzene rings is 1. The zero-order chi connectivity index (χ0) is 21.5. The number of aryl methyl sites for hydroxylation is 1. The van der Waals surface area contributed by atoms with E-state index in [4.69, 9.17) is 5.73 Å². The zero-order valence-corrected chi connectivity index (χ0v) is 16.0. The summed E-state index contributed by atoms with van der Waals surface area (Å²) in [6, 6.07) is 6.84. The molecule has 4 rings (SSSR count). The average Bonchev–Trinajstić information content (AvgIpc) is 3.28. The third-order valence-electron chi connectivity index (χ3n) is 4.93. The largest absolute Gasteiger partial charge is 0.573 e. The summed E-state index contributed by atoms with van der Waals surface area (Å²) in [5, 5.41) is 2.74. The van der Waals surface area contributed by atoms with Crippen molar-refractivity contribution in [3.8, 4) is 5.75 Å². The van der Waals surface area contributed by atoms with Gasteiger partial charge in [-0.15, -0.1) is 13.2 Å². The van der Waals surface area contributed by atoms with Gasteiger partial charge in [-0.25, -0.2) is 4.98 Å². The Morgan fingerprint density at radius 1 is 1.30 bits per heavy atom. The van der Waals surface area contributed by atoms with Gasteiger partial charge in [0.25, 0.3) is 0 Å². The van der Waals surface area contributed by atoms with E-state index >= 15 is 0 Å². The number of alkyl halides is 3. The molecule has 3 aromatic rings. The van der Waals surface area contributed by atoms with Crippen LogP contribution in [0.15, 0.2) is 36.5 Å². The average molecular weight is 420 g/mol. The molecule has 1 atom stereocenters. The maximum Gasteiger partial charge on any atom is 0.573 e. The van der Waals surface area contributed by atoms with Gasteiger partial charge in [0, 0.05) is 25.8 Å². The topological polar surface area (TPSA) is 98.3 Å². The van der Waals surface area contributed by atoms with Gasteiger partial charge in [-0.1, -0.05) is 0 Å². The van der Waals surface area contributed by atoms with Crippen molar-refractivity contribution in [1.29, 1.82) is 0 Å². The lowest BCUT2D eigenvalue weighted by molar-refractivity contribution is -0.274. The molecule has 1 unspecified atom stereocenters. The predicted molar refractivity (Wildman–Crippen MR) is 105 cm³/mol. The fourth-order valence-electron chi connectivity index (χ4n) is 3.49. The van der Waals surface area contributed by atoms with Gasteiger partial charge in [-0.3, -0.25) is 4.79 Å². The van der Waals surface area contributed by atoms with Gasteiger partial charge in [-0.05, 0) is 36.8 Å². The number of fused-ring (bicyclic) bond motifs is 1. The fourth-order valence-corrected chi connectivity index (χ4v) is 3.49. The van der Waals surface area contributed by atoms with Crippen LogP contribution in [0.25, 0.3) is 11.2 Å². The SMILES string of the molecule is Cn1c(N2CCC(C(=O)Nc3ccc(OC(F)(F)F)cc3)C2)nc2ncc(N)cc21. The summed E-state index contributed by atoms with van der Waals surface area (Å²) < 4.78 is 42.4. The molecule has 1 saturated heterocycles. The highest BCUT2D eigenvalue weighted by Gasteiger charge is 2.32. The first-order chi connectivity index (χ1) is 14.2. The van der Waals surface area contributed by atoms with Crippen molar-refractivity contribution in [2.24, 2.45) is 13.0 Å². The van der Waals surface area contributed by atoms with Crippen LogP contribution in [0.2, 0.25) is 0 Å². The molecule has 0 bridgehead atoms. The Balaban J connectivity index is 1.41. The summed E-state index contributed by atoms with van der Waals surface area (Å²) in [5.41, 5.74) is 8.12. The number of aromatic nitrogens is 3. The summed E-state index contributed by atoms with van der Waals surface area (Å²) in [6.45, 7) is 1.11. The minimum Gasteiger partial charge on any atom is -0.406 e. The van der Waals surface area contributed by atoms with Crippen LogP contribution in [-0.2, 0) is 11.8 Å². The summed E-state index contributed by atoms with van der Waals surface area (Å²) in [6.07, 6.45) is -2.58. The molecule has 0 spiro atoms. The molecule has 11 heteroatoms. The summed E-state index contributed by atoms with van der Waals surface area (Å²) in [5.74, 6) is -0.132. The first kappa shape index (κ1) is 19.8. The molecule has 0 saturated carbocycles. The number of hydrogen-bond donors (Lipinski definition) is 2. The van der Waals surface area contributed by atoms with Gasteiger partial charge in [0.05, 0.1) is 23.3 Å². The number of anilines is 3. The number of nitrogens with one attached hydrogen (secondary N) is 1. The quantitative estimate of drug-likeness (QED) is 0.674. The fraction of sp³-hybridized carbons (Fsp3) is 0.316. The van der Waals surface area contributed by atoms with E-state index in [0.29, 0.717) is 42.5 Å². The minimum absolute atomic E-state index is 0.205. The van der Waals surface area contributed by atoms with Gasteiger partial charge in [0.15, 0.2) is 5.65 Å². The van der Waals surface area contributed by atoms with Crippen LogP contribution in [0.4, 0.5) is 30.5 Å². The Kier molecular flexibility index (Phi) is 4.88. The molecule has 30 heavy (non-hydrogen) atoms. The zero-order valence-electron chi connectivity index (χ0n) is 16.0. The molecule has 3 heterocycles. The second-order valence-electron chi connectivity index (χ2n) is 7.08. The van der Waals surface area contributed by atoms with E-state index in [2.05, 4.69) is 20.0 Å². The second kappa shape index (κ2) is 7.39. The third kappa shape index (κ3) is 4.09. The highest BCUT2D eigenvalue weighted by atomic mass is 19.4. The van der Waals surface area contributed by atoms with Crippen LogP contribution < -0.4 is 20.7 Å². The molecule has 1 fully saturated rings. The van der Waals surface area contributed by atoms with Crippen LogP contribution in [0.1, 0.15) is 6.42 Å². The van der Waals surface area contributed by atoms with E-state index in [9.17, 15) is 18.0 Å². The maximum absolute atomic E-state index is 12.6. The number of carbonyl (C=O) groups excluding carboxylic acids is 1. The molecule has 1 amide bonds. The van der Waals surface area contributed by atoms with Gasteiger partial charge in [0.1, 0.15) is 5.75 Å². The van der Waals surface area contributed by atoms with Crippen LogP contribution in [0, 0.1) is 5.92 Å². The molecule has 158 valence electrons. The first-order valence-electron chi connectivity index (χ1n) is 9.19. The molecule has 1 aromatic carbocycles. The predicted octanol–water partition coefficient (Wildman–Crippen LogP) is 2.91. The molecule has 1 aliphatic heterocycles. The Hall–Kier alpha value is -3.50. The van der Waals surface area contributed by atoms with Crippen molar-refractivity contribution in [3.05, 3.63) is 36.5 Å². The molecule has 8 nitrogen and oxygen atoms in total. The number of nitrogen functional groups attached to an aromatic ring is 1. The summed E-state index contributed by atoms with van der Waals surface area (Å²) in [4.78, 5) is 23.4. The molecule has 0 radical (unpaired) electrons. The molecule has 1 aliphatic rings. The normalized spacial score (nSPS) is 16.8. The van der Waals surface area contributed by atoms with Crippen LogP contribution in [-0.4, -0.2) is 39.9 Å². The standard InChI is InChI=1S/C19H19F3N6O2/c1-27-15-8-12(23)9-24-16(15)26-18(27)28-7-6-11(10-28)17(29)25-13-2-4-14(5-3-13)30-19(20,21)22/h2-5,8-9,11H,6-7,10,23H2,1H3,(H,25,29). The number of carbonyl (C=O) groups is 1. The Morgan fingerprint density at radius 2 is 2.03 bits per heavy atom. The number of nitrogens with two attached hydrogens (primary N) is 1. The first-order valence-corrected chi connectivity index (χ1v) is 9.19. The van der Waals surface area contributed by atoms with Crippen molar-refractivity contribution in [1.82, 2.24) is 14.5 Å². The molecule has 0 aliphatic carbocycles. The van der Waals surface area contributed by atoms with Crippen molar-refractivity contribution in [2.45, 2.75) is 12.8 Å². The Labute approximate surface area is 169 Å². The summed E-state index contributed by atoms with van der Waals surface area (Å²) in [7, 11) is 1.86. The van der Waals surface area contributed by atoms with Crippen LogP contribution in [0.5, 0.6) is 5.75 Å². The maximum atomic E-state index is 12.6. The van der Waals surface area contributed by atoms with Gasteiger partial charge < -0.3 is 25.3 Å². The van der Waals surface area contributed by atoms with E-state index in [1.165, 1.54) is 12.1 Å². The number of pyridine rings is 1. The number of nitrogens with zero attached hydrogens (tertiary/aromatic N) is 4. The van der Waals surface area contributed by atoms with E-state index in [1.807, 2.05) is 16.5 Å². The summed E-state index contributed by atoms with van der Waals surface area (Å²) >= 11 is 0. The van der Waals surface area contributed by atoms with Crippen molar-refractivity contribution < 1.29 is 22.7 Å². The highest BCUT2D eigenvalue weighted by molar-refractivity contribution is 5.93. The van der Waals surface area contributed by atoms with Crippen molar-refractivity contribution in [3.63, 3.8) is 0 Å². The van der Waals surface area contributed by atoms with E-state index in [-0.39, 0.29) is 17.6 Å². The van der Waals surface area contributed by atoms with Gasteiger partial charge in [-0.2, -0.15) is 4.98 Å². The molecular formula is C19H19F3N6O2. The van der Waals surface area contributed by atoms with Crippen LogP contribution >= 0.6 is 0 Å². The highest BCUT2D eigenvalue weighted by Crippen LogP contribution is 2.28. The van der Waals surface area contributed by atoms with E-state index in [0.717, 1.165) is 17.6 Å². The smallest absolute Gasteiger partial charge is 0.406 e. The van der Waals surface area contributed by atoms with Crippen molar-refractivity contribution >= 4 is 34.4 Å². The monoisotopic (exact) mass is 420 g/mol. The van der Waals surface area contributed by atoms with E-state index < -0.39 is 6.36 Å². The lowest BCUT2D eigenvalue weighted by atomic mass is 10.1. The Morgan fingerprint density at radius 3 is 2.73 bits per heavy atom. The molecule has 2 aromatic heterocycles. The minimum atomic E-state index is -4.75. The lowest BCUT2D eigenvalue weighted by Crippen LogP contribution is -2.28. The number of rotatable bonds is 4. The lowest BCUT2D eigenvalue weighted by Gasteiger charge is -2.17. The Bertz CT molecular complexity index is 1080. The van der Waals surface area contributed by atoms with Crippen molar-refractivity contribution in [2.75, 3.05) is 29.0 Å². The van der Waals surface area contributed by atoms with E-state index in [1.54, 1.807) is 12.3 Å².